The molecule has 3 aliphatic rings. The third-order valence-electron chi connectivity index (χ3n) is 3.15. The predicted octanol–water partition coefficient (Wildman–Crippen LogP) is 2.05. The third-order valence-corrected chi connectivity index (χ3v) is 3.15. The van der Waals surface area contributed by atoms with Crippen molar-refractivity contribution < 1.29 is 0 Å². The van der Waals surface area contributed by atoms with Gasteiger partial charge in [-0.2, -0.15) is 0 Å². The first-order valence-electron chi connectivity index (χ1n) is 4.72. The van der Waals surface area contributed by atoms with Gasteiger partial charge < -0.3 is 0 Å². The summed E-state index contributed by atoms with van der Waals surface area (Å²) in [4.78, 5) is 2.52. The van der Waals surface area contributed by atoms with Crippen molar-refractivity contribution in [1.29, 1.82) is 0 Å². The van der Waals surface area contributed by atoms with Gasteiger partial charge in [0, 0.05) is 12.6 Å². The van der Waals surface area contributed by atoms with Gasteiger partial charge in [0.1, 0.15) is 0 Å². The Hall–Kier alpha value is -0.300. The number of rotatable bonds is 1. The molecule has 2 atom stereocenters. The van der Waals surface area contributed by atoms with E-state index in [4.69, 9.17) is 0 Å². The van der Waals surface area contributed by atoms with Crippen molar-refractivity contribution in [2.75, 3.05) is 13.6 Å². The monoisotopic (exact) mass is 151 g/mol. The first-order chi connectivity index (χ1) is 5.31. The molecule has 0 aromatic carbocycles. The van der Waals surface area contributed by atoms with Gasteiger partial charge in [-0.1, -0.05) is 18.6 Å². The van der Waals surface area contributed by atoms with E-state index in [0.717, 1.165) is 12.0 Å². The van der Waals surface area contributed by atoms with Gasteiger partial charge in [-0.25, -0.2) is 0 Å². The van der Waals surface area contributed by atoms with Crippen LogP contribution in [0, 0.1) is 5.92 Å². The molecule has 3 rings (SSSR count). The minimum Gasteiger partial charge on any atom is -0.299 e. The van der Waals surface area contributed by atoms with E-state index in [0.29, 0.717) is 0 Å². The van der Waals surface area contributed by atoms with Crippen molar-refractivity contribution in [3.63, 3.8) is 0 Å². The topological polar surface area (TPSA) is 3.24 Å². The zero-order valence-corrected chi connectivity index (χ0v) is 7.51. The molecule has 1 heteroatoms. The minimum absolute atomic E-state index is 0.796. The lowest BCUT2D eigenvalue weighted by Gasteiger charge is -2.42. The highest BCUT2D eigenvalue weighted by Crippen LogP contribution is 2.34. The van der Waals surface area contributed by atoms with Crippen molar-refractivity contribution >= 4 is 0 Å². The van der Waals surface area contributed by atoms with Crippen molar-refractivity contribution in [2.24, 2.45) is 5.92 Å². The van der Waals surface area contributed by atoms with Crippen LogP contribution in [0.1, 0.15) is 26.2 Å². The maximum absolute atomic E-state index is 2.52. The fraction of sp³-hybridized carbons (Fsp3) is 0.800. The average molecular weight is 151 g/mol. The van der Waals surface area contributed by atoms with Gasteiger partial charge in [0.25, 0.3) is 0 Å². The van der Waals surface area contributed by atoms with Gasteiger partial charge in [0.2, 0.25) is 0 Å². The molecule has 1 saturated heterocycles. The van der Waals surface area contributed by atoms with Crippen molar-refractivity contribution in [3.05, 3.63) is 11.6 Å². The van der Waals surface area contributed by atoms with E-state index in [2.05, 4.69) is 24.9 Å². The highest BCUT2D eigenvalue weighted by molar-refractivity contribution is 5.19. The Morgan fingerprint density at radius 2 is 2.36 bits per heavy atom. The smallest absolute Gasteiger partial charge is 0.0304 e. The summed E-state index contributed by atoms with van der Waals surface area (Å²) in [5.41, 5.74) is 1.69. The molecule has 0 N–H and O–H groups in total. The average Bonchev–Trinajstić information content (AvgIpc) is 2.04. The highest BCUT2D eigenvalue weighted by Gasteiger charge is 2.31. The van der Waals surface area contributed by atoms with Crippen LogP contribution in [0.4, 0.5) is 0 Å². The van der Waals surface area contributed by atoms with Crippen LogP contribution in [-0.4, -0.2) is 24.5 Å². The van der Waals surface area contributed by atoms with E-state index in [1.54, 1.807) is 5.57 Å². The molecule has 1 fully saturated rings. The Labute approximate surface area is 69.1 Å². The van der Waals surface area contributed by atoms with E-state index in [1.807, 2.05) is 0 Å². The second-order valence-electron chi connectivity index (χ2n) is 3.89. The van der Waals surface area contributed by atoms with Crippen LogP contribution >= 0.6 is 0 Å². The Balaban J connectivity index is 2.22. The normalized spacial score (nSPS) is 37.5. The van der Waals surface area contributed by atoms with Gasteiger partial charge in [-0.15, -0.1) is 0 Å². The molecule has 0 spiro atoms. The molecule has 1 aliphatic carbocycles. The molecule has 2 bridgehead atoms. The number of nitrogens with zero attached hydrogens (tertiary/aromatic N) is 1. The molecule has 0 amide bonds. The van der Waals surface area contributed by atoms with Gasteiger partial charge in [-0.3, -0.25) is 4.90 Å². The van der Waals surface area contributed by atoms with E-state index in [1.165, 1.54) is 25.8 Å². The summed E-state index contributed by atoms with van der Waals surface area (Å²) >= 11 is 0. The van der Waals surface area contributed by atoms with Gasteiger partial charge >= 0.3 is 0 Å². The van der Waals surface area contributed by atoms with Crippen LogP contribution in [0.25, 0.3) is 0 Å². The molecule has 0 radical (unpaired) electrons. The molecule has 2 heterocycles. The second kappa shape index (κ2) is 2.63. The predicted molar refractivity (Wildman–Crippen MR) is 47.5 cm³/mol. The van der Waals surface area contributed by atoms with Gasteiger partial charge in [-0.05, 0) is 32.2 Å². The molecule has 0 aromatic rings. The largest absolute Gasteiger partial charge is 0.299 e. The number of hydrogen-bond acceptors (Lipinski definition) is 1. The fourth-order valence-corrected chi connectivity index (χ4v) is 2.55. The first kappa shape index (κ1) is 7.35. The summed E-state index contributed by atoms with van der Waals surface area (Å²) in [7, 11) is 2.26. The van der Waals surface area contributed by atoms with Gasteiger partial charge in [0.05, 0.1) is 0 Å². The Morgan fingerprint density at radius 3 is 2.82 bits per heavy atom. The quantitative estimate of drug-likeness (QED) is 0.518. The molecule has 62 valence electrons. The molecule has 1 nitrogen and oxygen atoms in total. The lowest BCUT2D eigenvalue weighted by atomic mass is 9.80. The van der Waals surface area contributed by atoms with E-state index in [9.17, 15) is 0 Å². The molecule has 0 saturated carbocycles. The van der Waals surface area contributed by atoms with Crippen LogP contribution < -0.4 is 0 Å². The van der Waals surface area contributed by atoms with Crippen molar-refractivity contribution in [2.45, 2.75) is 32.2 Å². The van der Waals surface area contributed by atoms with Crippen LogP contribution in [0.15, 0.2) is 11.6 Å². The van der Waals surface area contributed by atoms with Crippen LogP contribution in [-0.2, 0) is 0 Å². The maximum atomic E-state index is 2.52. The van der Waals surface area contributed by atoms with Crippen molar-refractivity contribution in [1.82, 2.24) is 4.90 Å². The lowest BCUT2D eigenvalue weighted by Crippen LogP contribution is -2.45. The summed E-state index contributed by atoms with van der Waals surface area (Å²) < 4.78 is 0. The van der Waals surface area contributed by atoms with Crippen LogP contribution in [0.2, 0.25) is 0 Å². The zero-order chi connectivity index (χ0) is 7.84. The zero-order valence-electron chi connectivity index (χ0n) is 7.51. The molecular weight excluding hydrogens is 134 g/mol. The minimum atomic E-state index is 0.796. The Bertz CT molecular complexity index is 183. The molecular formula is C10H17N. The highest BCUT2D eigenvalue weighted by atomic mass is 15.1. The first-order valence-corrected chi connectivity index (χ1v) is 4.72. The van der Waals surface area contributed by atoms with Crippen molar-refractivity contribution in [3.8, 4) is 0 Å². The number of likely N-dealkylation sites (N-methyl/N-ethyl adjacent to an activating group) is 1. The lowest BCUT2D eigenvalue weighted by molar-refractivity contribution is 0.158. The van der Waals surface area contributed by atoms with E-state index >= 15 is 0 Å². The fourth-order valence-electron chi connectivity index (χ4n) is 2.55. The maximum Gasteiger partial charge on any atom is 0.0304 e. The van der Waals surface area contributed by atoms with Gasteiger partial charge in [0.15, 0.2) is 0 Å². The van der Waals surface area contributed by atoms with E-state index in [-0.39, 0.29) is 0 Å². The Kier molecular flexibility index (Phi) is 1.76. The second-order valence-corrected chi connectivity index (χ2v) is 3.89. The Morgan fingerprint density at radius 1 is 1.55 bits per heavy atom. The standard InChI is InChI=1S/C10H17N/c1-3-9-6-8-4-5-10(9)11(2)7-8/h6,8,10H,3-5,7H2,1-2H3. The number of fused-ring (bicyclic) bond motifs is 2. The summed E-state index contributed by atoms with van der Waals surface area (Å²) in [5.74, 6) is 0.875. The summed E-state index contributed by atoms with van der Waals surface area (Å²) in [6.07, 6.45) is 6.61. The molecule has 0 aromatic heterocycles. The SMILES string of the molecule is CCC1=CC2CCC1N(C)C2. The number of piperidine rings is 1. The molecule has 11 heavy (non-hydrogen) atoms. The van der Waals surface area contributed by atoms with E-state index < -0.39 is 0 Å². The third kappa shape index (κ3) is 1.12. The summed E-state index contributed by atoms with van der Waals surface area (Å²) in [6, 6.07) is 0.796. The molecule has 2 aliphatic heterocycles. The molecule has 2 unspecified atom stereocenters. The summed E-state index contributed by atoms with van der Waals surface area (Å²) in [6.45, 7) is 3.58. The summed E-state index contributed by atoms with van der Waals surface area (Å²) in [5, 5.41) is 0. The number of hydrogen-bond donors (Lipinski definition) is 0. The van der Waals surface area contributed by atoms with Crippen LogP contribution in [0.5, 0.6) is 0 Å². The van der Waals surface area contributed by atoms with Crippen LogP contribution in [0.3, 0.4) is 0 Å².